The Morgan fingerprint density at radius 3 is 2.56 bits per heavy atom. The second kappa shape index (κ2) is 4.26. The number of nitrogens with one attached hydrogen (secondary N) is 1. The van der Waals surface area contributed by atoms with Crippen LogP contribution in [0.4, 0.5) is 0 Å². The maximum absolute atomic E-state index is 4.13. The summed E-state index contributed by atoms with van der Waals surface area (Å²) < 4.78 is 4.44. The Bertz CT molecular complexity index is 500. The van der Waals surface area contributed by atoms with Gasteiger partial charge in [-0.15, -0.1) is 0 Å². The highest BCUT2D eigenvalue weighted by Gasteiger charge is 2.30. The lowest BCUT2D eigenvalue weighted by Crippen LogP contribution is -2.49. The van der Waals surface area contributed by atoms with E-state index in [1.54, 1.807) is 0 Å². The van der Waals surface area contributed by atoms with Crippen molar-refractivity contribution in [2.24, 2.45) is 0 Å². The van der Waals surface area contributed by atoms with Crippen molar-refractivity contribution < 1.29 is 4.57 Å². The van der Waals surface area contributed by atoms with Crippen molar-refractivity contribution in [1.82, 2.24) is 14.5 Å². The van der Waals surface area contributed by atoms with E-state index in [4.69, 9.17) is 0 Å². The van der Waals surface area contributed by atoms with Crippen LogP contribution < -0.4 is 4.57 Å². The third kappa shape index (κ3) is 2.47. The molecular formula is C14H23N4+. The monoisotopic (exact) mass is 247 g/mol. The molecule has 0 aliphatic carbocycles. The molecule has 4 nitrogen and oxygen atoms in total. The molecule has 2 heterocycles. The van der Waals surface area contributed by atoms with Crippen LogP contribution in [0.5, 0.6) is 0 Å². The minimum atomic E-state index is 0.00333. The standard InChI is InChI=1S/C14H22N4/c1-13(2,3)12-16-7-8-17(12)10-14(4,5)18-9-6-15-11-18/h6-9,11H,10H2,1-5H3/p+1. The predicted octanol–water partition coefficient (Wildman–Crippen LogP) is 2.23. The van der Waals surface area contributed by atoms with Crippen LogP contribution in [0.1, 0.15) is 40.4 Å². The highest BCUT2D eigenvalue weighted by molar-refractivity contribution is 4.95. The molecule has 0 radical (unpaired) electrons. The van der Waals surface area contributed by atoms with E-state index in [9.17, 15) is 0 Å². The molecule has 0 bridgehead atoms. The Morgan fingerprint density at radius 2 is 2.00 bits per heavy atom. The topological polar surface area (TPSA) is 37.5 Å². The Balaban J connectivity index is 2.28. The zero-order chi connectivity index (χ0) is 13.4. The first kappa shape index (κ1) is 12.9. The van der Waals surface area contributed by atoms with Crippen LogP contribution in [0.3, 0.4) is 0 Å². The molecule has 0 saturated carbocycles. The number of H-pyrrole nitrogens is 1. The van der Waals surface area contributed by atoms with E-state index in [0.29, 0.717) is 0 Å². The third-order valence-corrected chi connectivity index (χ3v) is 3.23. The van der Waals surface area contributed by atoms with Gasteiger partial charge in [-0.2, -0.15) is 0 Å². The minimum Gasteiger partial charge on any atom is -0.328 e. The SMILES string of the molecule is CC(C)(C)c1[nH]cc[n+]1CC(C)(C)n1ccnc1. The van der Waals surface area contributed by atoms with E-state index in [-0.39, 0.29) is 11.0 Å². The number of aromatic amines is 1. The normalized spacial score (nSPS) is 12.9. The molecule has 0 fully saturated rings. The summed E-state index contributed by atoms with van der Waals surface area (Å²) in [7, 11) is 0. The molecule has 2 rings (SSSR count). The number of nitrogens with zero attached hydrogens (tertiary/aromatic N) is 3. The van der Waals surface area contributed by atoms with Gasteiger partial charge in [0.2, 0.25) is 0 Å². The van der Waals surface area contributed by atoms with Crippen LogP contribution in [0, 0.1) is 0 Å². The maximum atomic E-state index is 4.13. The molecule has 0 aliphatic heterocycles. The van der Waals surface area contributed by atoms with E-state index < -0.39 is 0 Å². The molecular weight excluding hydrogens is 224 g/mol. The van der Waals surface area contributed by atoms with Gasteiger partial charge in [-0.05, 0) is 34.6 Å². The number of rotatable bonds is 3. The first-order valence-electron chi connectivity index (χ1n) is 6.36. The summed E-state index contributed by atoms with van der Waals surface area (Å²) in [5.74, 6) is 1.25. The minimum absolute atomic E-state index is 0.00333. The van der Waals surface area contributed by atoms with Crippen molar-refractivity contribution in [3.8, 4) is 0 Å². The predicted molar refractivity (Wildman–Crippen MR) is 71.2 cm³/mol. The molecule has 0 spiro atoms. The average molecular weight is 247 g/mol. The number of aromatic nitrogens is 4. The summed E-state index contributed by atoms with van der Waals surface area (Å²) in [6.45, 7) is 12.0. The third-order valence-electron chi connectivity index (χ3n) is 3.23. The van der Waals surface area contributed by atoms with Crippen molar-refractivity contribution in [3.05, 3.63) is 36.9 Å². The van der Waals surface area contributed by atoms with Crippen molar-refractivity contribution in [2.75, 3.05) is 0 Å². The van der Waals surface area contributed by atoms with E-state index in [1.807, 2.05) is 24.9 Å². The highest BCUT2D eigenvalue weighted by Crippen LogP contribution is 2.19. The van der Waals surface area contributed by atoms with Crippen LogP contribution in [0.2, 0.25) is 0 Å². The van der Waals surface area contributed by atoms with Crippen LogP contribution in [-0.2, 0) is 17.5 Å². The van der Waals surface area contributed by atoms with Crippen molar-refractivity contribution in [1.29, 1.82) is 0 Å². The lowest BCUT2D eigenvalue weighted by molar-refractivity contribution is -0.715. The molecule has 18 heavy (non-hydrogen) atoms. The van der Waals surface area contributed by atoms with Crippen molar-refractivity contribution in [3.63, 3.8) is 0 Å². The molecule has 4 heteroatoms. The fourth-order valence-electron chi connectivity index (χ4n) is 2.26. The molecule has 1 N–H and O–H groups in total. The van der Waals surface area contributed by atoms with E-state index >= 15 is 0 Å². The van der Waals surface area contributed by atoms with Gasteiger partial charge in [0.1, 0.15) is 18.9 Å². The molecule has 2 aromatic rings. The maximum Gasteiger partial charge on any atom is 0.259 e. The second-order valence-corrected chi connectivity index (χ2v) is 6.47. The van der Waals surface area contributed by atoms with Crippen LogP contribution in [-0.4, -0.2) is 14.5 Å². The van der Waals surface area contributed by atoms with Gasteiger partial charge in [0.05, 0.1) is 17.3 Å². The van der Waals surface area contributed by atoms with Gasteiger partial charge in [-0.3, -0.25) is 0 Å². The summed E-state index contributed by atoms with van der Waals surface area (Å²) >= 11 is 0. The number of hydrogen-bond acceptors (Lipinski definition) is 1. The molecule has 2 aromatic heterocycles. The molecule has 0 aromatic carbocycles. The van der Waals surface area contributed by atoms with E-state index in [2.05, 4.69) is 59.9 Å². The lowest BCUT2D eigenvalue weighted by Gasteiger charge is -2.26. The Morgan fingerprint density at radius 1 is 1.28 bits per heavy atom. The molecule has 0 atom stereocenters. The van der Waals surface area contributed by atoms with Crippen LogP contribution >= 0.6 is 0 Å². The van der Waals surface area contributed by atoms with Crippen molar-refractivity contribution >= 4 is 0 Å². The number of hydrogen-bond donors (Lipinski definition) is 1. The summed E-state index contributed by atoms with van der Waals surface area (Å²) in [6.07, 6.45) is 9.84. The van der Waals surface area contributed by atoms with Crippen LogP contribution in [0.15, 0.2) is 31.1 Å². The summed E-state index contributed by atoms with van der Waals surface area (Å²) in [5.41, 5.74) is 0.123. The lowest BCUT2D eigenvalue weighted by atomic mass is 9.95. The summed E-state index contributed by atoms with van der Waals surface area (Å²) in [6, 6.07) is 0. The van der Waals surface area contributed by atoms with Crippen molar-refractivity contribution in [2.45, 2.75) is 52.1 Å². The largest absolute Gasteiger partial charge is 0.328 e. The fraction of sp³-hybridized carbons (Fsp3) is 0.571. The first-order valence-corrected chi connectivity index (χ1v) is 6.36. The van der Waals surface area contributed by atoms with Crippen LogP contribution in [0.25, 0.3) is 0 Å². The Hall–Kier alpha value is -1.58. The zero-order valence-electron chi connectivity index (χ0n) is 11.9. The van der Waals surface area contributed by atoms with Gasteiger partial charge in [0, 0.05) is 12.4 Å². The first-order chi connectivity index (χ1) is 8.31. The molecule has 98 valence electrons. The second-order valence-electron chi connectivity index (χ2n) is 6.47. The van der Waals surface area contributed by atoms with Gasteiger partial charge in [0.15, 0.2) is 0 Å². The Labute approximate surface area is 109 Å². The van der Waals surface area contributed by atoms with Gasteiger partial charge in [-0.25, -0.2) is 14.5 Å². The summed E-state index contributed by atoms with van der Waals surface area (Å²) in [4.78, 5) is 7.49. The van der Waals surface area contributed by atoms with Gasteiger partial charge < -0.3 is 4.57 Å². The Kier molecular flexibility index (Phi) is 3.05. The summed E-state index contributed by atoms with van der Waals surface area (Å²) in [5, 5.41) is 0. The highest BCUT2D eigenvalue weighted by atomic mass is 15.2. The molecule has 0 unspecified atom stereocenters. The zero-order valence-corrected chi connectivity index (χ0v) is 11.9. The smallest absolute Gasteiger partial charge is 0.259 e. The van der Waals surface area contributed by atoms with E-state index in [1.165, 1.54) is 5.82 Å². The van der Waals surface area contributed by atoms with Gasteiger partial charge in [-0.1, -0.05) is 0 Å². The molecule has 0 aliphatic rings. The quantitative estimate of drug-likeness (QED) is 0.830. The van der Waals surface area contributed by atoms with E-state index in [0.717, 1.165) is 6.54 Å². The fourth-order valence-corrected chi connectivity index (χ4v) is 2.26. The number of imidazole rings is 2. The molecule has 0 saturated heterocycles. The average Bonchev–Trinajstić information content (AvgIpc) is 2.83. The molecule has 0 amide bonds. The van der Waals surface area contributed by atoms with Gasteiger partial charge >= 0.3 is 0 Å². The van der Waals surface area contributed by atoms with Gasteiger partial charge in [0.25, 0.3) is 5.82 Å².